The van der Waals surface area contributed by atoms with Crippen molar-refractivity contribution in [1.29, 1.82) is 0 Å². The number of hydrogen-bond donors (Lipinski definition) is 4. The van der Waals surface area contributed by atoms with Crippen LogP contribution in [-0.4, -0.2) is 40.0 Å². The van der Waals surface area contributed by atoms with Crippen molar-refractivity contribution in [1.82, 2.24) is 5.32 Å². The van der Waals surface area contributed by atoms with Gasteiger partial charge >= 0.3 is 5.97 Å². The highest BCUT2D eigenvalue weighted by Gasteiger charge is 2.21. The van der Waals surface area contributed by atoms with E-state index < -0.39 is 24.2 Å². The van der Waals surface area contributed by atoms with Gasteiger partial charge in [0.1, 0.15) is 0 Å². The van der Waals surface area contributed by atoms with Crippen molar-refractivity contribution in [3.63, 3.8) is 0 Å². The smallest absolute Gasteiger partial charge is 0.303 e. The summed E-state index contributed by atoms with van der Waals surface area (Å²) in [6.45, 7) is 3.91. The minimum Gasteiger partial charge on any atom is -0.481 e. The molecule has 3 unspecified atom stereocenters. The Morgan fingerprint density at radius 2 is 1.85 bits per heavy atom. The Balaban J connectivity index is 2.73. The molecule has 0 spiro atoms. The molecule has 0 saturated carbocycles. The molecule has 0 heterocycles. The normalized spacial score (nSPS) is 15.6. The van der Waals surface area contributed by atoms with E-state index in [9.17, 15) is 15.0 Å². The third kappa shape index (κ3) is 5.69. The molecule has 112 valence electrons. The van der Waals surface area contributed by atoms with Crippen molar-refractivity contribution in [3.8, 4) is 0 Å². The highest BCUT2D eigenvalue weighted by Crippen LogP contribution is 2.20. The predicted octanol–water partition coefficient (Wildman–Crippen LogP) is 1.23. The Labute approximate surface area is 119 Å². The average molecular weight is 281 g/mol. The number of carboxylic acid groups (broad SMARTS) is 1. The van der Waals surface area contributed by atoms with E-state index >= 15 is 0 Å². The van der Waals surface area contributed by atoms with Crippen LogP contribution in [0.5, 0.6) is 0 Å². The minimum atomic E-state index is -0.898. The highest BCUT2D eigenvalue weighted by atomic mass is 16.4. The monoisotopic (exact) mass is 281 g/mol. The third-order valence-electron chi connectivity index (χ3n) is 3.14. The van der Waals surface area contributed by atoms with Gasteiger partial charge in [0.25, 0.3) is 0 Å². The quantitative estimate of drug-likeness (QED) is 0.575. The van der Waals surface area contributed by atoms with Crippen LogP contribution >= 0.6 is 0 Å². The zero-order valence-corrected chi connectivity index (χ0v) is 11.9. The molecular weight excluding hydrogens is 258 g/mol. The molecule has 3 atom stereocenters. The van der Waals surface area contributed by atoms with Crippen LogP contribution in [0.1, 0.15) is 37.0 Å². The number of rotatable bonds is 8. The van der Waals surface area contributed by atoms with Gasteiger partial charge in [0.05, 0.1) is 12.2 Å². The Morgan fingerprint density at radius 1 is 1.25 bits per heavy atom. The molecule has 0 saturated heterocycles. The first-order chi connectivity index (χ1) is 9.40. The topological polar surface area (TPSA) is 89.8 Å². The average Bonchev–Trinajstić information content (AvgIpc) is 2.38. The number of carbonyl (C=O) groups is 1. The summed E-state index contributed by atoms with van der Waals surface area (Å²) in [5.74, 6) is -0.898. The first-order valence-electron chi connectivity index (χ1n) is 6.78. The van der Waals surface area contributed by atoms with E-state index in [-0.39, 0.29) is 6.42 Å². The van der Waals surface area contributed by atoms with Gasteiger partial charge in [-0.3, -0.25) is 4.79 Å². The summed E-state index contributed by atoms with van der Waals surface area (Å²) in [5.41, 5.74) is 1.84. The molecule has 1 aromatic rings. The molecule has 0 radical (unpaired) electrons. The third-order valence-corrected chi connectivity index (χ3v) is 3.14. The number of aliphatic carboxylic acids is 1. The number of hydrogen-bond acceptors (Lipinski definition) is 4. The molecule has 0 aliphatic carbocycles. The Hall–Kier alpha value is -1.43. The van der Waals surface area contributed by atoms with E-state index in [0.29, 0.717) is 13.0 Å². The highest BCUT2D eigenvalue weighted by molar-refractivity contribution is 5.66. The lowest BCUT2D eigenvalue weighted by Crippen LogP contribution is -2.39. The van der Waals surface area contributed by atoms with Crippen molar-refractivity contribution >= 4 is 5.97 Å². The lowest BCUT2D eigenvalue weighted by molar-refractivity contribution is -0.137. The lowest BCUT2D eigenvalue weighted by Gasteiger charge is -2.25. The van der Waals surface area contributed by atoms with Crippen molar-refractivity contribution in [3.05, 3.63) is 35.4 Å². The number of aliphatic hydroxyl groups excluding tert-OH is 2. The van der Waals surface area contributed by atoms with Gasteiger partial charge in [-0.05, 0) is 25.8 Å². The molecular formula is C15H23NO4. The second-order valence-corrected chi connectivity index (χ2v) is 5.15. The second-order valence-electron chi connectivity index (χ2n) is 5.15. The molecule has 1 aromatic carbocycles. The Bertz CT molecular complexity index is 416. The van der Waals surface area contributed by atoms with Gasteiger partial charge in [-0.2, -0.15) is 0 Å². The number of nitrogens with one attached hydrogen (secondary N) is 1. The van der Waals surface area contributed by atoms with Crippen molar-refractivity contribution < 1.29 is 20.1 Å². The van der Waals surface area contributed by atoms with Crippen LogP contribution in [-0.2, 0) is 4.79 Å². The molecule has 0 amide bonds. The first-order valence-corrected chi connectivity index (χ1v) is 6.78. The van der Waals surface area contributed by atoms with Gasteiger partial charge in [-0.1, -0.05) is 29.8 Å². The summed E-state index contributed by atoms with van der Waals surface area (Å²) in [5, 5.41) is 31.5. The predicted molar refractivity (Wildman–Crippen MR) is 76.5 cm³/mol. The van der Waals surface area contributed by atoms with E-state index in [2.05, 4.69) is 5.32 Å². The first kappa shape index (κ1) is 16.6. The van der Waals surface area contributed by atoms with E-state index in [0.717, 1.165) is 11.1 Å². The van der Waals surface area contributed by atoms with Crippen LogP contribution < -0.4 is 5.32 Å². The largest absolute Gasteiger partial charge is 0.481 e. The van der Waals surface area contributed by atoms with Gasteiger partial charge < -0.3 is 20.6 Å². The van der Waals surface area contributed by atoms with Crippen molar-refractivity contribution in [2.45, 2.75) is 44.9 Å². The summed E-state index contributed by atoms with van der Waals surface area (Å²) in [6, 6.07) is 7.07. The van der Waals surface area contributed by atoms with Crippen LogP contribution in [0.2, 0.25) is 0 Å². The number of aliphatic hydroxyl groups is 2. The molecule has 5 nitrogen and oxygen atoms in total. The SMILES string of the molecule is Cc1ccc(C(O)C(CCC(=O)O)NCC(C)O)cc1. The molecule has 0 aliphatic rings. The standard InChI is InChI=1S/C15H23NO4/c1-10-3-5-12(6-4-10)15(20)13(7-8-14(18)19)16-9-11(2)17/h3-6,11,13,15-17,20H,7-9H2,1-2H3,(H,18,19). The van der Waals surface area contributed by atoms with Crippen LogP contribution in [0.4, 0.5) is 0 Å². The van der Waals surface area contributed by atoms with Crippen molar-refractivity contribution in [2.75, 3.05) is 6.54 Å². The van der Waals surface area contributed by atoms with Crippen molar-refractivity contribution in [2.24, 2.45) is 0 Å². The van der Waals surface area contributed by atoms with Crippen LogP contribution in [0.15, 0.2) is 24.3 Å². The summed E-state index contributed by atoms with van der Waals surface area (Å²) >= 11 is 0. The van der Waals surface area contributed by atoms with E-state index in [1.165, 1.54) is 0 Å². The molecule has 0 bridgehead atoms. The maximum absolute atomic E-state index is 10.7. The van der Waals surface area contributed by atoms with E-state index in [1.54, 1.807) is 6.92 Å². The Kier molecular flexibility index (Phi) is 6.64. The molecule has 0 aromatic heterocycles. The molecule has 4 N–H and O–H groups in total. The molecule has 20 heavy (non-hydrogen) atoms. The fourth-order valence-corrected chi connectivity index (χ4v) is 1.97. The van der Waals surface area contributed by atoms with Gasteiger partial charge in [0, 0.05) is 19.0 Å². The summed E-state index contributed by atoms with van der Waals surface area (Å²) in [6.07, 6.45) is -1.07. The fraction of sp³-hybridized carbons (Fsp3) is 0.533. The molecule has 0 aliphatic heterocycles. The number of carboxylic acids is 1. The van der Waals surface area contributed by atoms with Gasteiger partial charge in [-0.15, -0.1) is 0 Å². The minimum absolute atomic E-state index is 0.0274. The second kappa shape index (κ2) is 7.99. The zero-order valence-electron chi connectivity index (χ0n) is 11.9. The zero-order chi connectivity index (χ0) is 15.1. The van der Waals surface area contributed by atoms with Crippen LogP contribution in [0, 0.1) is 6.92 Å². The fourth-order valence-electron chi connectivity index (χ4n) is 1.97. The van der Waals surface area contributed by atoms with Crippen LogP contribution in [0.25, 0.3) is 0 Å². The molecule has 0 fully saturated rings. The Morgan fingerprint density at radius 3 is 2.35 bits per heavy atom. The molecule has 1 rings (SSSR count). The van der Waals surface area contributed by atoms with Gasteiger partial charge in [0.15, 0.2) is 0 Å². The van der Waals surface area contributed by atoms with E-state index in [1.807, 2.05) is 31.2 Å². The molecule has 5 heteroatoms. The van der Waals surface area contributed by atoms with Gasteiger partial charge in [0.2, 0.25) is 0 Å². The maximum atomic E-state index is 10.7. The van der Waals surface area contributed by atoms with E-state index in [4.69, 9.17) is 5.11 Å². The summed E-state index contributed by atoms with van der Waals surface area (Å²) < 4.78 is 0. The number of benzene rings is 1. The van der Waals surface area contributed by atoms with Gasteiger partial charge in [-0.25, -0.2) is 0 Å². The maximum Gasteiger partial charge on any atom is 0.303 e. The summed E-state index contributed by atoms with van der Waals surface area (Å²) in [4.78, 5) is 10.7. The lowest BCUT2D eigenvalue weighted by atomic mass is 9.97. The summed E-state index contributed by atoms with van der Waals surface area (Å²) in [7, 11) is 0. The number of aryl methyl sites for hydroxylation is 1. The van der Waals surface area contributed by atoms with Crippen LogP contribution in [0.3, 0.4) is 0 Å².